The first-order valence-electron chi connectivity index (χ1n) is 4.99. The monoisotopic (exact) mass is 272 g/mol. The zero-order valence-electron chi connectivity index (χ0n) is 8.44. The molecule has 3 aromatic rings. The van der Waals surface area contributed by atoms with Gasteiger partial charge in [0.05, 0.1) is 5.52 Å². The zero-order valence-corrected chi connectivity index (χ0v) is 10.0. The number of nitrogens with zero attached hydrogens (tertiary/aromatic N) is 1. The third-order valence-corrected chi connectivity index (χ3v) is 3.33. The molecule has 0 aliphatic rings. The average Bonchev–Trinajstić information content (AvgIpc) is 2.31. The normalized spacial score (nSPS) is 11.1. The molecular formula is C13H9BrN2. The van der Waals surface area contributed by atoms with E-state index in [1.165, 1.54) is 0 Å². The van der Waals surface area contributed by atoms with Crippen LogP contribution in [0.1, 0.15) is 0 Å². The van der Waals surface area contributed by atoms with E-state index in [0.29, 0.717) is 5.82 Å². The van der Waals surface area contributed by atoms with E-state index >= 15 is 0 Å². The van der Waals surface area contributed by atoms with Gasteiger partial charge in [-0.1, -0.05) is 40.2 Å². The largest absolute Gasteiger partial charge is 0.384 e. The summed E-state index contributed by atoms with van der Waals surface area (Å²) in [5.74, 6) is 0.556. The molecule has 0 aliphatic heterocycles. The number of fused-ring (bicyclic) bond motifs is 3. The summed E-state index contributed by atoms with van der Waals surface area (Å²) >= 11 is 3.58. The maximum atomic E-state index is 5.73. The number of nitrogens with two attached hydrogens (primary N) is 1. The van der Waals surface area contributed by atoms with Gasteiger partial charge >= 0.3 is 0 Å². The van der Waals surface area contributed by atoms with Crippen LogP contribution >= 0.6 is 15.9 Å². The highest BCUT2D eigenvalue weighted by atomic mass is 79.9. The Hall–Kier alpha value is -1.61. The number of hydrogen-bond donors (Lipinski definition) is 1. The van der Waals surface area contributed by atoms with Crippen LogP contribution < -0.4 is 5.73 Å². The highest BCUT2D eigenvalue weighted by molar-refractivity contribution is 9.10. The van der Waals surface area contributed by atoms with Crippen LogP contribution in [0.25, 0.3) is 21.7 Å². The minimum atomic E-state index is 0.556. The molecule has 16 heavy (non-hydrogen) atoms. The lowest BCUT2D eigenvalue weighted by Crippen LogP contribution is -1.90. The predicted octanol–water partition coefficient (Wildman–Crippen LogP) is 3.73. The van der Waals surface area contributed by atoms with Crippen molar-refractivity contribution >= 4 is 43.4 Å². The number of benzene rings is 2. The van der Waals surface area contributed by atoms with Gasteiger partial charge in [0.1, 0.15) is 5.82 Å². The second-order valence-electron chi connectivity index (χ2n) is 3.71. The summed E-state index contributed by atoms with van der Waals surface area (Å²) in [7, 11) is 0. The van der Waals surface area contributed by atoms with Crippen LogP contribution in [0, 0.1) is 0 Å². The van der Waals surface area contributed by atoms with E-state index in [4.69, 9.17) is 5.73 Å². The maximum absolute atomic E-state index is 5.73. The minimum absolute atomic E-state index is 0.556. The molecule has 2 aromatic carbocycles. The molecule has 0 saturated heterocycles. The minimum Gasteiger partial charge on any atom is -0.384 e. The second-order valence-corrected chi connectivity index (χ2v) is 4.57. The van der Waals surface area contributed by atoms with Crippen molar-refractivity contribution in [3.8, 4) is 0 Å². The van der Waals surface area contributed by atoms with Gasteiger partial charge in [0, 0.05) is 15.2 Å². The van der Waals surface area contributed by atoms with Crippen molar-refractivity contribution in [2.45, 2.75) is 0 Å². The molecule has 1 aromatic heterocycles. The van der Waals surface area contributed by atoms with Gasteiger partial charge in [-0.15, -0.1) is 0 Å². The van der Waals surface area contributed by atoms with Crippen molar-refractivity contribution in [1.82, 2.24) is 4.98 Å². The van der Waals surface area contributed by atoms with Crippen molar-refractivity contribution in [3.63, 3.8) is 0 Å². The molecule has 0 spiro atoms. The number of pyridine rings is 1. The lowest BCUT2D eigenvalue weighted by molar-refractivity contribution is 1.43. The Bertz CT molecular complexity index is 692. The van der Waals surface area contributed by atoms with Crippen LogP contribution in [0.2, 0.25) is 0 Å². The summed E-state index contributed by atoms with van der Waals surface area (Å²) in [4.78, 5) is 4.40. The van der Waals surface area contributed by atoms with Crippen LogP contribution in [0.15, 0.2) is 46.9 Å². The molecule has 0 bridgehead atoms. The summed E-state index contributed by atoms with van der Waals surface area (Å²) < 4.78 is 1.09. The highest BCUT2D eigenvalue weighted by Gasteiger charge is 2.05. The van der Waals surface area contributed by atoms with Crippen molar-refractivity contribution in [1.29, 1.82) is 0 Å². The second kappa shape index (κ2) is 3.46. The van der Waals surface area contributed by atoms with Gasteiger partial charge in [0.2, 0.25) is 0 Å². The van der Waals surface area contributed by atoms with E-state index in [2.05, 4.69) is 39.1 Å². The van der Waals surface area contributed by atoms with Crippen LogP contribution in [0.3, 0.4) is 0 Å². The fraction of sp³-hybridized carbons (Fsp3) is 0. The molecule has 0 radical (unpaired) electrons. The Balaban J connectivity index is 2.61. The van der Waals surface area contributed by atoms with Gasteiger partial charge < -0.3 is 5.73 Å². The third kappa shape index (κ3) is 1.36. The van der Waals surface area contributed by atoms with Crippen molar-refractivity contribution in [2.24, 2.45) is 0 Å². The Labute approximate surface area is 101 Å². The van der Waals surface area contributed by atoms with E-state index in [-0.39, 0.29) is 0 Å². The number of hydrogen-bond acceptors (Lipinski definition) is 2. The number of aromatic nitrogens is 1. The molecule has 0 fully saturated rings. The molecule has 0 amide bonds. The fourth-order valence-electron chi connectivity index (χ4n) is 1.93. The summed E-state index contributed by atoms with van der Waals surface area (Å²) in [6.45, 7) is 0. The summed E-state index contributed by atoms with van der Waals surface area (Å²) in [5.41, 5.74) is 6.69. The number of nitrogen functional groups attached to an aromatic ring is 1. The molecule has 3 heteroatoms. The standard InChI is InChI=1S/C13H9BrN2/c14-11-7-8-5-6-12(15)16-13(8)10-4-2-1-3-9(10)11/h1-7H,(H2,15,16). The van der Waals surface area contributed by atoms with E-state index < -0.39 is 0 Å². The Morgan fingerprint density at radius 2 is 1.75 bits per heavy atom. The van der Waals surface area contributed by atoms with Crippen molar-refractivity contribution in [3.05, 3.63) is 46.9 Å². The van der Waals surface area contributed by atoms with Gasteiger partial charge in [-0.25, -0.2) is 4.98 Å². The Morgan fingerprint density at radius 1 is 1.00 bits per heavy atom. The van der Waals surface area contributed by atoms with Crippen LogP contribution in [-0.4, -0.2) is 4.98 Å². The number of halogens is 1. The molecule has 0 saturated carbocycles. The quantitative estimate of drug-likeness (QED) is 0.634. The zero-order chi connectivity index (χ0) is 11.1. The Kier molecular flexibility index (Phi) is 2.07. The molecule has 1 heterocycles. The van der Waals surface area contributed by atoms with E-state index in [9.17, 15) is 0 Å². The molecule has 0 aliphatic carbocycles. The van der Waals surface area contributed by atoms with E-state index in [0.717, 1.165) is 26.1 Å². The first-order chi connectivity index (χ1) is 7.75. The first kappa shape index (κ1) is 9.60. The SMILES string of the molecule is Nc1ccc2cc(Br)c3ccccc3c2n1. The van der Waals surface area contributed by atoms with Crippen LogP contribution in [0.5, 0.6) is 0 Å². The van der Waals surface area contributed by atoms with Crippen LogP contribution in [-0.2, 0) is 0 Å². The van der Waals surface area contributed by atoms with Crippen molar-refractivity contribution in [2.75, 3.05) is 5.73 Å². The number of anilines is 1. The summed E-state index contributed by atoms with van der Waals surface area (Å²) in [5, 5.41) is 3.38. The molecule has 2 nitrogen and oxygen atoms in total. The fourth-order valence-corrected chi connectivity index (χ4v) is 2.52. The summed E-state index contributed by atoms with van der Waals surface area (Å²) in [6.07, 6.45) is 0. The molecular weight excluding hydrogens is 264 g/mol. The van der Waals surface area contributed by atoms with Gasteiger partial charge in [0.25, 0.3) is 0 Å². The van der Waals surface area contributed by atoms with E-state index in [1.807, 2.05) is 24.3 Å². The molecule has 0 atom stereocenters. The van der Waals surface area contributed by atoms with Gasteiger partial charge in [-0.3, -0.25) is 0 Å². The smallest absolute Gasteiger partial charge is 0.124 e. The van der Waals surface area contributed by atoms with Gasteiger partial charge in [0.15, 0.2) is 0 Å². The van der Waals surface area contributed by atoms with Gasteiger partial charge in [-0.2, -0.15) is 0 Å². The van der Waals surface area contributed by atoms with Crippen LogP contribution in [0.4, 0.5) is 5.82 Å². The average molecular weight is 273 g/mol. The highest BCUT2D eigenvalue weighted by Crippen LogP contribution is 2.31. The maximum Gasteiger partial charge on any atom is 0.124 e. The molecule has 0 unspecified atom stereocenters. The first-order valence-corrected chi connectivity index (χ1v) is 5.78. The predicted molar refractivity (Wildman–Crippen MR) is 71.4 cm³/mol. The molecule has 78 valence electrons. The van der Waals surface area contributed by atoms with Gasteiger partial charge in [-0.05, 0) is 23.6 Å². The number of rotatable bonds is 0. The van der Waals surface area contributed by atoms with Crippen molar-refractivity contribution < 1.29 is 0 Å². The topological polar surface area (TPSA) is 38.9 Å². The lowest BCUT2D eigenvalue weighted by atomic mass is 10.1. The molecule has 3 rings (SSSR count). The Morgan fingerprint density at radius 3 is 2.56 bits per heavy atom. The lowest BCUT2D eigenvalue weighted by Gasteiger charge is -2.05. The third-order valence-electron chi connectivity index (χ3n) is 2.67. The van der Waals surface area contributed by atoms with E-state index in [1.54, 1.807) is 0 Å². The summed E-state index contributed by atoms with van der Waals surface area (Å²) in [6, 6.07) is 14.1. The molecule has 2 N–H and O–H groups in total.